The SMILES string of the molecule is CC(C)[C@@H](NCC(=O)Nc1ccc(S(=O)(=O)N2CCCCC2)cc1)c1ccccc1. The van der Waals surface area contributed by atoms with E-state index in [9.17, 15) is 13.2 Å². The van der Waals surface area contributed by atoms with Gasteiger partial charge in [0.2, 0.25) is 15.9 Å². The van der Waals surface area contributed by atoms with Crippen LogP contribution in [0.5, 0.6) is 0 Å². The summed E-state index contributed by atoms with van der Waals surface area (Å²) < 4.78 is 27.0. The van der Waals surface area contributed by atoms with E-state index in [2.05, 4.69) is 36.6 Å². The number of hydrogen-bond donors (Lipinski definition) is 2. The van der Waals surface area contributed by atoms with Gasteiger partial charge in [-0.05, 0) is 48.6 Å². The molecule has 7 heteroatoms. The molecule has 0 aliphatic carbocycles. The highest BCUT2D eigenvalue weighted by Crippen LogP contribution is 2.23. The van der Waals surface area contributed by atoms with Crippen LogP contribution in [-0.4, -0.2) is 38.3 Å². The number of carbonyl (C=O) groups is 1. The normalized spacial score (nSPS) is 16.4. The summed E-state index contributed by atoms with van der Waals surface area (Å²) in [5, 5.41) is 6.16. The van der Waals surface area contributed by atoms with Crippen LogP contribution in [0.1, 0.15) is 44.7 Å². The summed E-state index contributed by atoms with van der Waals surface area (Å²) in [6.07, 6.45) is 2.88. The molecule has 0 aromatic heterocycles. The van der Waals surface area contributed by atoms with Crippen LogP contribution in [0.15, 0.2) is 59.5 Å². The topological polar surface area (TPSA) is 78.5 Å². The van der Waals surface area contributed by atoms with E-state index in [0.717, 1.165) is 24.8 Å². The number of nitrogens with zero attached hydrogens (tertiary/aromatic N) is 1. The molecule has 1 heterocycles. The Balaban J connectivity index is 1.58. The molecule has 0 spiro atoms. The Bertz CT molecular complexity index is 922. The first-order valence-electron chi connectivity index (χ1n) is 10.6. The van der Waals surface area contributed by atoms with Gasteiger partial charge in [0.25, 0.3) is 0 Å². The smallest absolute Gasteiger partial charge is 0.243 e. The average Bonchev–Trinajstić information content (AvgIpc) is 2.75. The molecule has 1 saturated heterocycles. The number of piperidine rings is 1. The van der Waals surface area contributed by atoms with Crippen LogP contribution in [0.4, 0.5) is 5.69 Å². The van der Waals surface area contributed by atoms with Gasteiger partial charge in [0.1, 0.15) is 0 Å². The van der Waals surface area contributed by atoms with Crippen molar-refractivity contribution in [2.75, 3.05) is 25.0 Å². The predicted molar refractivity (Wildman–Crippen MR) is 120 cm³/mol. The lowest BCUT2D eigenvalue weighted by atomic mass is 9.96. The van der Waals surface area contributed by atoms with E-state index in [1.165, 1.54) is 0 Å². The first-order chi connectivity index (χ1) is 14.4. The fourth-order valence-corrected chi connectivity index (χ4v) is 5.29. The molecule has 1 aliphatic heterocycles. The number of hydrogen-bond acceptors (Lipinski definition) is 4. The fourth-order valence-electron chi connectivity index (χ4n) is 3.77. The van der Waals surface area contributed by atoms with Crippen molar-refractivity contribution in [1.29, 1.82) is 0 Å². The molecule has 1 amide bonds. The van der Waals surface area contributed by atoms with Crippen LogP contribution in [0, 0.1) is 5.92 Å². The number of amides is 1. The number of sulfonamides is 1. The zero-order valence-corrected chi connectivity index (χ0v) is 18.5. The Morgan fingerprint density at radius 2 is 1.60 bits per heavy atom. The van der Waals surface area contributed by atoms with Crippen molar-refractivity contribution in [2.24, 2.45) is 5.92 Å². The van der Waals surface area contributed by atoms with Gasteiger partial charge in [0.05, 0.1) is 11.4 Å². The number of carbonyl (C=O) groups excluding carboxylic acids is 1. The van der Waals surface area contributed by atoms with Gasteiger partial charge in [0, 0.05) is 24.8 Å². The molecular formula is C23H31N3O3S. The predicted octanol–water partition coefficient (Wildman–Crippen LogP) is 3.79. The van der Waals surface area contributed by atoms with Crippen LogP contribution in [0.3, 0.4) is 0 Å². The first-order valence-corrected chi connectivity index (χ1v) is 12.0. The molecule has 0 unspecified atom stereocenters. The molecule has 0 radical (unpaired) electrons. The lowest BCUT2D eigenvalue weighted by Crippen LogP contribution is -2.35. The number of anilines is 1. The van der Waals surface area contributed by atoms with Gasteiger partial charge in [-0.2, -0.15) is 4.31 Å². The number of nitrogens with one attached hydrogen (secondary N) is 2. The van der Waals surface area contributed by atoms with Crippen molar-refractivity contribution in [1.82, 2.24) is 9.62 Å². The third-order valence-electron chi connectivity index (χ3n) is 5.40. The molecule has 2 aromatic carbocycles. The van der Waals surface area contributed by atoms with Crippen molar-refractivity contribution < 1.29 is 13.2 Å². The van der Waals surface area contributed by atoms with E-state index in [0.29, 0.717) is 24.7 Å². The molecule has 1 aliphatic rings. The monoisotopic (exact) mass is 429 g/mol. The zero-order valence-electron chi connectivity index (χ0n) is 17.7. The summed E-state index contributed by atoms with van der Waals surface area (Å²) in [6.45, 7) is 5.55. The van der Waals surface area contributed by atoms with Gasteiger partial charge >= 0.3 is 0 Å². The average molecular weight is 430 g/mol. The molecule has 162 valence electrons. The Morgan fingerprint density at radius 1 is 0.967 bits per heavy atom. The van der Waals surface area contributed by atoms with Crippen molar-refractivity contribution in [3.8, 4) is 0 Å². The van der Waals surface area contributed by atoms with E-state index in [1.807, 2.05) is 18.2 Å². The summed E-state index contributed by atoms with van der Waals surface area (Å²) in [7, 11) is -3.46. The van der Waals surface area contributed by atoms with E-state index in [-0.39, 0.29) is 23.4 Å². The van der Waals surface area contributed by atoms with Crippen LogP contribution in [0.2, 0.25) is 0 Å². The van der Waals surface area contributed by atoms with Crippen LogP contribution >= 0.6 is 0 Å². The van der Waals surface area contributed by atoms with E-state index >= 15 is 0 Å². The molecule has 1 atom stereocenters. The van der Waals surface area contributed by atoms with Crippen molar-refractivity contribution in [3.05, 3.63) is 60.2 Å². The van der Waals surface area contributed by atoms with Gasteiger partial charge in [-0.25, -0.2) is 8.42 Å². The second-order valence-electron chi connectivity index (χ2n) is 8.05. The van der Waals surface area contributed by atoms with Crippen LogP contribution < -0.4 is 10.6 Å². The Kier molecular flexibility index (Phi) is 7.64. The minimum Gasteiger partial charge on any atom is -0.325 e. The van der Waals surface area contributed by atoms with Gasteiger partial charge < -0.3 is 10.6 Å². The zero-order chi connectivity index (χ0) is 21.6. The molecule has 0 bridgehead atoms. The second-order valence-corrected chi connectivity index (χ2v) is 9.99. The molecule has 6 nitrogen and oxygen atoms in total. The molecule has 30 heavy (non-hydrogen) atoms. The Labute approximate surface area is 179 Å². The van der Waals surface area contributed by atoms with E-state index in [4.69, 9.17) is 0 Å². The van der Waals surface area contributed by atoms with Crippen molar-refractivity contribution in [2.45, 2.75) is 44.0 Å². The van der Waals surface area contributed by atoms with Crippen LogP contribution in [0.25, 0.3) is 0 Å². The molecule has 3 rings (SSSR count). The van der Waals surface area contributed by atoms with Gasteiger partial charge in [0.15, 0.2) is 0 Å². The quantitative estimate of drug-likeness (QED) is 0.669. The minimum atomic E-state index is -3.46. The lowest BCUT2D eigenvalue weighted by Gasteiger charge is -2.25. The summed E-state index contributed by atoms with van der Waals surface area (Å²) in [4.78, 5) is 12.7. The lowest BCUT2D eigenvalue weighted by molar-refractivity contribution is -0.115. The Hall–Kier alpha value is -2.22. The third kappa shape index (κ3) is 5.68. The van der Waals surface area contributed by atoms with Gasteiger partial charge in [-0.15, -0.1) is 0 Å². The highest BCUT2D eigenvalue weighted by molar-refractivity contribution is 7.89. The van der Waals surface area contributed by atoms with Crippen molar-refractivity contribution >= 4 is 21.6 Å². The number of rotatable bonds is 8. The molecule has 0 saturated carbocycles. The molecule has 2 aromatic rings. The van der Waals surface area contributed by atoms with Gasteiger partial charge in [-0.3, -0.25) is 4.79 Å². The van der Waals surface area contributed by atoms with Gasteiger partial charge in [-0.1, -0.05) is 50.6 Å². The maximum Gasteiger partial charge on any atom is 0.243 e. The summed E-state index contributed by atoms with van der Waals surface area (Å²) in [5.41, 5.74) is 1.73. The van der Waals surface area contributed by atoms with Crippen LogP contribution in [-0.2, 0) is 14.8 Å². The summed E-state index contributed by atoms with van der Waals surface area (Å²) in [5.74, 6) is 0.169. The Morgan fingerprint density at radius 3 is 2.20 bits per heavy atom. The molecular weight excluding hydrogens is 398 g/mol. The molecule has 2 N–H and O–H groups in total. The van der Waals surface area contributed by atoms with Crippen molar-refractivity contribution in [3.63, 3.8) is 0 Å². The standard InChI is InChI=1S/C23H31N3O3S/c1-18(2)23(19-9-5-3-6-10-19)24-17-22(27)25-20-11-13-21(14-12-20)30(28,29)26-15-7-4-8-16-26/h3,5-6,9-14,18,23-24H,4,7-8,15-17H2,1-2H3,(H,25,27)/t23-/m1/s1. The van der Waals surface area contributed by atoms with E-state index in [1.54, 1.807) is 28.6 Å². The highest BCUT2D eigenvalue weighted by atomic mass is 32.2. The number of benzene rings is 2. The summed E-state index contributed by atoms with van der Waals surface area (Å²) in [6, 6.07) is 16.6. The largest absolute Gasteiger partial charge is 0.325 e. The minimum absolute atomic E-state index is 0.0778. The van der Waals surface area contributed by atoms with E-state index < -0.39 is 10.0 Å². The molecule has 1 fully saturated rings. The third-order valence-corrected chi connectivity index (χ3v) is 7.31. The first kappa shape index (κ1) is 22.5. The maximum atomic E-state index is 12.7. The highest BCUT2D eigenvalue weighted by Gasteiger charge is 2.25. The fraction of sp³-hybridized carbons (Fsp3) is 0.435. The maximum absolute atomic E-state index is 12.7. The summed E-state index contributed by atoms with van der Waals surface area (Å²) >= 11 is 0. The second kappa shape index (κ2) is 10.2.